The van der Waals surface area contributed by atoms with Gasteiger partial charge in [0.25, 0.3) is 0 Å². The summed E-state index contributed by atoms with van der Waals surface area (Å²) in [5, 5.41) is 3.24. The molecule has 0 aromatic heterocycles. The lowest BCUT2D eigenvalue weighted by molar-refractivity contribution is -0.126. The number of nitrogens with one attached hydrogen (secondary N) is 1. The average molecular weight is 408 g/mol. The molecule has 1 amide bonds. The fraction of sp³-hybridized carbons (Fsp3) is 0.381. The van der Waals surface area contributed by atoms with Crippen LogP contribution >= 0.6 is 11.6 Å². The Hall–Kier alpha value is -2.02. The number of benzene rings is 2. The van der Waals surface area contributed by atoms with E-state index in [9.17, 15) is 13.6 Å². The molecule has 4 nitrogen and oxygen atoms in total. The Bertz CT molecular complexity index is 805. The highest BCUT2D eigenvalue weighted by atomic mass is 35.5. The Morgan fingerprint density at radius 1 is 1.07 bits per heavy atom. The zero-order valence-corrected chi connectivity index (χ0v) is 16.6. The quantitative estimate of drug-likeness (QED) is 0.796. The van der Waals surface area contributed by atoms with Gasteiger partial charge in [0.05, 0.1) is 6.04 Å². The third-order valence-electron chi connectivity index (χ3n) is 5.19. The van der Waals surface area contributed by atoms with Crippen LogP contribution in [0, 0.1) is 11.6 Å². The Balaban J connectivity index is 1.48. The van der Waals surface area contributed by atoms with Gasteiger partial charge < -0.3 is 5.32 Å². The molecule has 28 heavy (non-hydrogen) atoms. The predicted molar refractivity (Wildman–Crippen MR) is 106 cm³/mol. The summed E-state index contributed by atoms with van der Waals surface area (Å²) in [6, 6.07) is 10.8. The smallest absolute Gasteiger partial charge is 0.237 e. The minimum Gasteiger partial charge on any atom is -0.351 e. The highest BCUT2D eigenvalue weighted by molar-refractivity contribution is 6.31. The van der Waals surface area contributed by atoms with E-state index in [1.54, 1.807) is 30.3 Å². The molecular weight excluding hydrogens is 384 g/mol. The lowest BCUT2D eigenvalue weighted by atomic mass is 10.1. The molecule has 2 aromatic carbocycles. The Labute approximate surface area is 169 Å². The van der Waals surface area contributed by atoms with Crippen LogP contribution in [0.1, 0.15) is 18.1 Å². The highest BCUT2D eigenvalue weighted by Crippen LogP contribution is 2.21. The van der Waals surface area contributed by atoms with Crippen LogP contribution in [0.25, 0.3) is 0 Å². The standard InChI is InChI=1S/C21H24ClF2N3O/c1-15(21(28)25-13-16-5-2-3-7-19(16)23)27-11-9-26(10-12-27)14-17-18(22)6-4-8-20(17)24/h2-8,15H,9-14H2,1H3,(H,25,28). The highest BCUT2D eigenvalue weighted by Gasteiger charge is 2.26. The first kappa shape index (κ1) is 20.7. The maximum absolute atomic E-state index is 14.0. The van der Waals surface area contributed by atoms with Gasteiger partial charge in [0.1, 0.15) is 11.6 Å². The SMILES string of the molecule is CC(C(=O)NCc1ccccc1F)N1CCN(Cc2c(F)cccc2Cl)CC1. The van der Waals surface area contributed by atoms with E-state index in [0.717, 1.165) is 13.1 Å². The molecule has 1 N–H and O–H groups in total. The van der Waals surface area contributed by atoms with Gasteiger partial charge >= 0.3 is 0 Å². The summed E-state index contributed by atoms with van der Waals surface area (Å²) in [5.74, 6) is -0.749. The fourth-order valence-corrected chi connectivity index (χ4v) is 3.58. The van der Waals surface area contributed by atoms with Crippen LogP contribution < -0.4 is 5.32 Å². The normalized spacial score (nSPS) is 16.7. The van der Waals surface area contributed by atoms with Crippen molar-refractivity contribution in [1.29, 1.82) is 0 Å². The largest absolute Gasteiger partial charge is 0.351 e. The van der Waals surface area contributed by atoms with E-state index in [2.05, 4.69) is 15.1 Å². The molecule has 0 aliphatic carbocycles. The number of carbonyl (C=O) groups is 1. The molecule has 7 heteroatoms. The number of nitrogens with zero attached hydrogens (tertiary/aromatic N) is 2. The number of hydrogen-bond donors (Lipinski definition) is 1. The second-order valence-corrected chi connectivity index (χ2v) is 7.40. The van der Waals surface area contributed by atoms with Gasteiger partial charge in [0, 0.05) is 55.4 Å². The molecule has 1 fully saturated rings. The minimum absolute atomic E-state index is 0.131. The van der Waals surface area contributed by atoms with Crippen LogP contribution in [0.15, 0.2) is 42.5 Å². The second-order valence-electron chi connectivity index (χ2n) is 7.00. The van der Waals surface area contributed by atoms with E-state index in [1.165, 1.54) is 12.1 Å². The summed E-state index contributed by atoms with van der Waals surface area (Å²) in [6.07, 6.45) is 0. The molecule has 1 unspecified atom stereocenters. The van der Waals surface area contributed by atoms with Gasteiger partial charge in [0.15, 0.2) is 0 Å². The van der Waals surface area contributed by atoms with Crippen molar-refractivity contribution < 1.29 is 13.6 Å². The van der Waals surface area contributed by atoms with Gasteiger partial charge in [-0.15, -0.1) is 0 Å². The summed E-state index contributed by atoms with van der Waals surface area (Å²) in [4.78, 5) is 16.6. The molecule has 2 aromatic rings. The molecule has 1 aliphatic heterocycles. The van der Waals surface area contributed by atoms with Crippen molar-refractivity contribution in [2.24, 2.45) is 0 Å². The van der Waals surface area contributed by atoms with Crippen LogP contribution in [0.3, 0.4) is 0 Å². The number of amides is 1. The Morgan fingerprint density at radius 3 is 2.43 bits per heavy atom. The molecule has 0 saturated carbocycles. The summed E-state index contributed by atoms with van der Waals surface area (Å²) in [6.45, 7) is 5.29. The van der Waals surface area contributed by atoms with E-state index >= 15 is 0 Å². The van der Waals surface area contributed by atoms with Crippen molar-refractivity contribution in [3.8, 4) is 0 Å². The van der Waals surface area contributed by atoms with Crippen molar-refractivity contribution in [3.63, 3.8) is 0 Å². The van der Waals surface area contributed by atoms with Crippen LogP contribution in [0.5, 0.6) is 0 Å². The summed E-state index contributed by atoms with van der Waals surface area (Å²) >= 11 is 6.11. The number of rotatable bonds is 6. The van der Waals surface area contributed by atoms with Gasteiger partial charge in [-0.2, -0.15) is 0 Å². The maximum Gasteiger partial charge on any atom is 0.237 e. The molecule has 0 spiro atoms. The molecule has 3 rings (SSSR count). The van der Waals surface area contributed by atoms with Crippen molar-refractivity contribution in [2.75, 3.05) is 26.2 Å². The number of hydrogen-bond acceptors (Lipinski definition) is 3. The van der Waals surface area contributed by atoms with Gasteiger partial charge in [-0.1, -0.05) is 35.9 Å². The molecule has 0 bridgehead atoms. The van der Waals surface area contributed by atoms with Crippen molar-refractivity contribution in [1.82, 2.24) is 15.1 Å². The molecule has 1 aliphatic rings. The van der Waals surface area contributed by atoms with Crippen LogP contribution in [-0.2, 0) is 17.9 Å². The average Bonchev–Trinajstić information content (AvgIpc) is 2.70. The van der Waals surface area contributed by atoms with E-state index in [1.807, 2.05) is 6.92 Å². The molecule has 0 radical (unpaired) electrons. The van der Waals surface area contributed by atoms with Crippen molar-refractivity contribution >= 4 is 17.5 Å². The van der Waals surface area contributed by atoms with Crippen LogP contribution in [0.4, 0.5) is 8.78 Å². The first-order valence-corrected chi connectivity index (χ1v) is 9.74. The van der Waals surface area contributed by atoms with E-state index in [0.29, 0.717) is 35.8 Å². The van der Waals surface area contributed by atoms with Gasteiger partial charge in [-0.25, -0.2) is 8.78 Å². The monoisotopic (exact) mass is 407 g/mol. The fourth-order valence-electron chi connectivity index (χ4n) is 3.35. The molecule has 1 saturated heterocycles. The van der Waals surface area contributed by atoms with Crippen molar-refractivity contribution in [3.05, 3.63) is 70.2 Å². The zero-order valence-electron chi connectivity index (χ0n) is 15.8. The molecule has 1 atom stereocenters. The third kappa shape index (κ3) is 5.07. The predicted octanol–water partition coefficient (Wildman–Crippen LogP) is 3.44. The third-order valence-corrected chi connectivity index (χ3v) is 5.54. The minimum atomic E-state index is -0.323. The van der Waals surface area contributed by atoms with Gasteiger partial charge in [-0.05, 0) is 25.1 Å². The summed E-state index contributed by atoms with van der Waals surface area (Å²) in [7, 11) is 0. The Kier molecular flexibility index (Phi) is 6.99. The molecular formula is C21H24ClF2N3O. The lowest BCUT2D eigenvalue weighted by Crippen LogP contribution is -2.53. The molecule has 1 heterocycles. The summed E-state index contributed by atoms with van der Waals surface area (Å²) < 4.78 is 27.6. The number of carbonyl (C=O) groups excluding carboxylic acids is 1. The zero-order chi connectivity index (χ0) is 20.1. The number of piperazine rings is 1. The Morgan fingerprint density at radius 2 is 1.75 bits per heavy atom. The lowest BCUT2D eigenvalue weighted by Gasteiger charge is -2.37. The second kappa shape index (κ2) is 9.45. The molecule has 150 valence electrons. The van der Waals surface area contributed by atoms with E-state index in [4.69, 9.17) is 11.6 Å². The first-order valence-electron chi connectivity index (χ1n) is 9.36. The van der Waals surface area contributed by atoms with E-state index < -0.39 is 0 Å². The number of halogens is 3. The van der Waals surface area contributed by atoms with Crippen molar-refractivity contribution in [2.45, 2.75) is 26.1 Å². The first-order chi connectivity index (χ1) is 13.5. The topological polar surface area (TPSA) is 35.6 Å². The van der Waals surface area contributed by atoms with Gasteiger partial charge in [0.2, 0.25) is 5.91 Å². The van der Waals surface area contributed by atoms with Crippen LogP contribution in [-0.4, -0.2) is 47.9 Å². The van der Waals surface area contributed by atoms with Gasteiger partial charge in [-0.3, -0.25) is 14.6 Å². The summed E-state index contributed by atoms with van der Waals surface area (Å²) in [5.41, 5.74) is 0.975. The van der Waals surface area contributed by atoms with E-state index in [-0.39, 0.29) is 30.1 Å². The van der Waals surface area contributed by atoms with Crippen LogP contribution in [0.2, 0.25) is 5.02 Å². The maximum atomic E-state index is 14.0.